The summed E-state index contributed by atoms with van der Waals surface area (Å²) in [7, 11) is 0. The van der Waals surface area contributed by atoms with Gasteiger partial charge in [0.15, 0.2) is 5.96 Å². The number of rotatable bonds is 5. The summed E-state index contributed by atoms with van der Waals surface area (Å²) in [4.78, 5) is 4.46. The van der Waals surface area contributed by atoms with Crippen LogP contribution in [-0.2, 0) is 6.54 Å². The minimum Gasteiger partial charge on any atom is -0.370 e. The minimum absolute atomic E-state index is 0.526. The van der Waals surface area contributed by atoms with Crippen LogP contribution in [0.4, 0.5) is 0 Å². The van der Waals surface area contributed by atoms with E-state index in [-0.39, 0.29) is 0 Å². The summed E-state index contributed by atoms with van der Waals surface area (Å²) in [6.45, 7) is 3.48. The van der Waals surface area contributed by atoms with E-state index in [1.54, 1.807) is 0 Å². The molecule has 5 nitrogen and oxygen atoms in total. The van der Waals surface area contributed by atoms with E-state index in [1.807, 2.05) is 36.0 Å². The van der Waals surface area contributed by atoms with Gasteiger partial charge in [-0.2, -0.15) is 5.10 Å². The maximum Gasteiger partial charge on any atom is 0.188 e. The van der Waals surface area contributed by atoms with Crippen LogP contribution >= 0.6 is 0 Å². The van der Waals surface area contributed by atoms with Crippen LogP contribution in [-0.4, -0.2) is 22.3 Å². The van der Waals surface area contributed by atoms with Gasteiger partial charge >= 0.3 is 0 Å². The number of nitrogens with zero attached hydrogens (tertiary/aromatic N) is 3. The third-order valence-electron chi connectivity index (χ3n) is 4.18. The monoisotopic (exact) mass is 297 g/mol. The van der Waals surface area contributed by atoms with Crippen molar-refractivity contribution in [2.24, 2.45) is 16.6 Å². The summed E-state index contributed by atoms with van der Waals surface area (Å²) in [5, 5.41) is 7.69. The third kappa shape index (κ3) is 3.47. The molecule has 0 atom stereocenters. The summed E-state index contributed by atoms with van der Waals surface area (Å²) in [6, 6.07) is 10.1. The van der Waals surface area contributed by atoms with Gasteiger partial charge in [0, 0.05) is 12.7 Å². The highest BCUT2D eigenvalue weighted by Crippen LogP contribution is 2.25. The van der Waals surface area contributed by atoms with E-state index in [4.69, 9.17) is 5.73 Å². The van der Waals surface area contributed by atoms with E-state index >= 15 is 0 Å². The minimum atomic E-state index is 0.526. The molecule has 0 unspecified atom stereocenters. The van der Waals surface area contributed by atoms with Gasteiger partial charge in [-0.25, -0.2) is 9.67 Å². The zero-order valence-electron chi connectivity index (χ0n) is 13.0. The molecule has 0 radical (unpaired) electrons. The van der Waals surface area contributed by atoms with Crippen LogP contribution in [0.15, 0.2) is 41.5 Å². The Morgan fingerprint density at radius 2 is 2.18 bits per heavy atom. The second-order valence-electron chi connectivity index (χ2n) is 5.91. The molecule has 1 aromatic carbocycles. The lowest BCUT2D eigenvalue weighted by Crippen LogP contribution is -2.37. The normalized spacial score (nSPS) is 15.6. The Bertz CT molecular complexity index is 655. The molecule has 22 heavy (non-hydrogen) atoms. The molecule has 2 aromatic rings. The van der Waals surface area contributed by atoms with Crippen LogP contribution in [0.5, 0.6) is 0 Å². The molecule has 1 aliphatic rings. The molecular weight excluding hydrogens is 274 g/mol. The first-order chi connectivity index (χ1) is 10.7. The molecule has 0 saturated heterocycles. The fourth-order valence-electron chi connectivity index (χ4n) is 2.59. The molecule has 0 bridgehead atoms. The van der Waals surface area contributed by atoms with Crippen molar-refractivity contribution < 1.29 is 0 Å². The average Bonchev–Trinajstić information content (AvgIpc) is 2.90. The maximum absolute atomic E-state index is 5.96. The van der Waals surface area contributed by atoms with Gasteiger partial charge in [-0.3, -0.25) is 0 Å². The molecular formula is C17H23N5. The Balaban J connectivity index is 1.66. The average molecular weight is 297 g/mol. The van der Waals surface area contributed by atoms with E-state index in [0.717, 1.165) is 29.4 Å². The molecule has 5 heteroatoms. The topological polar surface area (TPSA) is 68.2 Å². The van der Waals surface area contributed by atoms with E-state index in [1.165, 1.54) is 19.3 Å². The zero-order chi connectivity index (χ0) is 15.4. The molecule has 0 amide bonds. The lowest BCUT2D eigenvalue weighted by atomic mass is 9.85. The molecule has 0 aliphatic heterocycles. The lowest BCUT2D eigenvalue weighted by Gasteiger charge is -2.25. The first kappa shape index (κ1) is 14.6. The van der Waals surface area contributed by atoms with Gasteiger partial charge in [0.1, 0.15) is 0 Å². The number of aliphatic imine (C=N–C) groups is 1. The molecule has 1 saturated carbocycles. The largest absolute Gasteiger partial charge is 0.370 e. The third-order valence-corrected chi connectivity index (χ3v) is 4.18. The summed E-state index contributed by atoms with van der Waals surface area (Å²) >= 11 is 0. The second kappa shape index (κ2) is 6.64. The molecule has 1 aliphatic carbocycles. The van der Waals surface area contributed by atoms with Crippen LogP contribution in [0.1, 0.15) is 30.5 Å². The van der Waals surface area contributed by atoms with Gasteiger partial charge in [0.2, 0.25) is 0 Å². The molecule has 1 aromatic heterocycles. The van der Waals surface area contributed by atoms with Crippen molar-refractivity contribution in [1.29, 1.82) is 0 Å². The fourth-order valence-corrected chi connectivity index (χ4v) is 2.59. The summed E-state index contributed by atoms with van der Waals surface area (Å²) in [5.74, 6) is 1.30. The maximum atomic E-state index is 5.96. The highest BCUT2D eigenvalue weighted by molar-refractivity contribution is 5.77. The number of aryl methyl sites for hydroxylation is 1. The second-order valence-corrected chi connectivity index (χ2v) is 5.91. The Hall–Kier alpha value is -2.30. The Morgan fingerprint density at radius 1 is 1.36 bits per heavy atom. The highest BCUT2D eigenvalue weighted by atomic mass is 15.3. The first-order valence-corrected chi connectivity index (χ1v) is 7.87. The number of guanidine groups is 1. The lowest BCUT2D eigenvalue weighted by molar-refractivity contribution is 0.315. The van der Waals surface area contributed by atoms with Crippen molar-refractivity contribution in [2.45, 2.75) is 32.7 Å². The van der Waals surface area contributed by atoms with E-state index in [9.17, 15) is 0 Å². The highest BCUT2D eigenvalue weighted by Gasteiger charge is 2.16. The van der Waals surface area contributed by atoms with Crippen molar-refractivity contribution in [3.8, 4) is 5.69 Å². The summed E-state index contributed by atoms with van der Waals surface area (Å²) in [6.07, 6.45) is 5.93. The predicted molar refractivity (Wildman–Crippen MR) is 89.0 cm³/mol. The van der Waals surface area contributed by atoms with Crippen LogP contribution in [0, 0.1) is 12.8 Å². The van der Waals surface area contributed by atoms with E-state index in [0.29, 0.717) is 12.5 Å². The smallest absolute Gasteiger partial charge is 0.188 e. The van der Waals surface area contributed by atoms with Crippen molar-refractivity contribution >= 4 is 5.96 Å². The number of hydrogen-bond acceptors (Lipinski definition) is 2. The number of hydrogen-bond donors (Lipinski definition) is 2. The van der Waals surface area contributed by atoms with Crippen molar-refractivity contribution in [1.82, 2.24) is 15.1 Å². The molecule has 1 fully saturated rings. The van der Waals surface area contributed by atoms with Gasteiger partial charge in [-0.15, -0.1) is 0 Å². The number of benzene rings is 1. The van der Waals surface area contributed by atoms with Gasteiger partial charge in [0.25, 0.3) is 0 Å². The van der Waals surface area contributed by atoms with Crippen molar-refractivity contribution in [3.05, 3.63) is 47.8 Å². The van der Waals surface area contributed by atoms with Crippen LogP contribution in [0.3, 0.4) is 0 Å². The zero-order valence-corrected chi connectivity index (χ0v) is 13.0. The van der Waals surface area contributed by atoms with Gasteiger partial charge in [-0.05, 0) is 43.4 Å². The SMILES string of the molecule is Cc1ccn(-c2ccccc2CN=C(N)NCC2CCC2)n1. The molecule has 3 N–H and O–H groups in total. The Kier molecular flexibility index (Phi) is 4.42. The first-order valence-electron chi connectivity index (χ1n) is 7.87. The fraction of sp³-hybridized carbons (Fsp3) is 0.412. The quantitative estimate of drug-likeness (QED) is 0.657. The summed E-state index contributed by atoms with van der Waals surface area (Å²) < 4.78 is 1.89. The molecule has 0 spiro atoms. The van der Waals surface area contributed by atoms with E-state index < -0.39 is 0 Å². The number of nitrogens with one attached hydrogen (secondary N) is 1. The van der Waals surface area contributed by atoms with Crippen LogP contribution < -0.4 is 11.1 Å². The number of aromatic nitrogens is 2. The van der Waals surface area contributed by atoms with Crippen LogP contribution in [0.25, 0.3) is 5.69 Å². The van der Waals surface area contributed by atoms with Crippen molar-refractivity contribution in [3.63, 3.8) is 0 Å². The van der Waals surface area contributed by atoms with Gasteiger partial charge in [-0.1, -0.05) is 24.6 Å². The predicted octanol–water partition coefficient (Wildman–Crippen LogP) is 2.39. The Labute approximate surface area is 131 Å². The summed E-state index contributed by atoms with van der Waals surface area (Å²) in [5.41, 5.74) is 9.12. The number of nitrogens with two attached hydrogens (primary N) is 1. The number of para-hydroxylation sites is 1. The van der Waals surface area contributed by atoms with Gasteiger partial charge < -0.3 is 11.1 Å². The van der Waals surface area contributed by atoms with Crippen LogP contribution in [0.2, 0.25) is 0 Å². The van der Waals surface area contributed by atoms with Gasteiger partial charge in [0.05, 0.1) is 17.9 Å². The molecule has 3 rings (SSSR count). The van der Waals surface area contributed by atoms with E-state index in [2.05, 4.69) is 27.5 Å². The van der Waals surface area contributed by atoms with Crippen molar-refractivity contribution in [2.75, 3.05) is 6.54 Å². The molecule has 116 valence electrons. The molecule has 1 heterocycles. The Morgan fingerprint density at radius 3 is 2.86 bits per heavy atom. The standard InChI is InChI=1S/C17H23N5/c1-13-9-10-22(21-13)16-8-3-2-7-15(16)12-20-17(18)19-11-14-5-4-6-14/h2-3,7-10,14H,4-6,11-12H2,1H3,(H3,18,19,20).